The van der Waals surface area contributed by atoms with Gasteiger partial charge in [-0.3, -0.25) is 9.80 Å². The Labute approximate surface area is 130 Å². The second-order valence-electron chi connectivity index (χ2n) is 6.44. The summed E-state index contributed by atoms with van der Waals surface area (Å²) in [5.74, 6) is 0. The molecule has 3 heterocycles. The molecule has 1 atom stereocenters. The lowest BCUT2D eigenvalue weighted by Gasteiger charge is -2.46. The first-order chi connectivity index (χ1) is 10.3. The molecule has 0 unspecified atom stereocenters. The van der Waals surface area contributed by atoms with E-state index in [0.29, 0.717) is 0 Å². The van der Waals surface area contributed by atoms with Crippen LogP contribution in [0.2, 0.25) is 0 Å². The summed E-state index contributed by atoms with van der Waals surface area (Å²) in [5.41, 5.74) is 0. The molecule has 3 nitrogen and oxygen atoms in total. The molecule has 0 aliphatic carbocycles. The van der Waals surface area contributed by atoms with Crippen LogP contribution >= 0.6 is 11.3 Å². The van der Waals surface area contributed by atoms with Gasteiger partial charge in [-0.25, -0.2) is 0 Å². The SMILES string of the molecule is CN1CCN2CCN(Cc3cc4ccccc4s3)C[C@H]2C1. The van der Waals surface area contributed by atoms with E-state index >= 15 is 0 Å². The van der Waals surface area contributed by atoms with Crippen LogP contribution in [0.4, 0.5) is 0 Å². The van der Waals surface area contributed by atoms with E-state index in [4.69, 9.17) is 0 Å². The number of thiophene rings is 1. The van der Waals surface area contributed by atoms with Crippen molar-refractivity contribution in [3.05, 3.63) is 35.2 Å². The molecular formula is C17H23N3S. The van der Waals surface area contributed by atoms with E-state index < -0.39 is 0 Å². The minimum Gasteiger partial charge on any atom is -0.303 e. The maximum absolute atomic E-state index is 2.68. The van der Waals surface area contributed by atoms with E-state index in [9.17, 15) is 0 Å². The highest BCUT2D eigenvalue weighted by molar-refractivity contribution is 7.19. The third-order valence-corrected chi connectivity index (χ3v) is 5.94. The smallest absolute Gasteiger partial charge is 0.0351 e. The van der Waals surface area contributed by atoms with E-state index in [1.807, 2.05) is 11.3 Å². The number of benzene rings is 1. The predicted molar refractivity (Wildman–Crippen MR) is 90.0 cm³/mol. The third kappa shape index (κ3) is 2.86. The van der Waals surface area contributed by atoms with Crippen LogP contribution in [0, 0.1) is 0 Å². The van der Waals surface area contributed by atoms with Crippen molar-refractivity contribution >= 4 is 21.4 Å². The zero-order valence-electron chi connectivity index (χ0n) is 12.7. The van der Waals surface area contributed by atoms with Gasteiger partial charge in [0.05, 0.1) is 0 Å². The summed E-state index contributed by atoms with van der Waals surface area (Å²) in [7, 11) is 2.25. The number of piperazine rings is 2. The highest BCUT2D eigenvalue weighted by atomic mass is 32.1. The Hall–Kier alpha value is -0.940. The van der Waals surface area contributed by atoms with Gasteiger partial charge in [0.15, 0.2) is 0 Å². The summed E-state index contributed by atoms with van der Waals surface area (Å²) >= 11 is 1.96. The molecule has 1 aromatic heterocycles. The van der Waals surface area contributed by atoms with Crippen LogP contribution in [0.1, 0.15) is 4.88 Å². The molecule has 0 amide bonds. The average molecular weight is 301 g/mol. The number of rotatable bonds is 2. The van der Waals surface area contributed by atoms with E-state index in [-0.39, 0.29) is 0 Å². The fraction of sp³-hybridized carbons (Fsp3) is 0.529. The molecule has 2 aliphatic heterocycles. The lowest BCUT2D eigenvalue weighted by atomic mass is 10.1. The molecule has 0 radical (unpaired) electrons. The van der Waals surface area contributed by atoms with Gasteiger partial charge in [-0.2, -0.15) is 0 Å². The van der Waals surface area contributed by atoms with Crippen molar-refractivity contribution in [3.63, 3.8) is 0 Å². The quantitative estimate of drug-likeness (QED) is 0.843. The van der Waals surface area contributed by atoms with E-state index in [2.05, 4.69) is 52.1 Å². The second-order valence-corrected chi connectivity index (χ2v) is 7.61. The molecule has 2 saturated heterocycles. The summed E-state index contributed by atoms with van der Waals surface area (Å²) in [5, 5.41) is 1.40. The Bertz CT molecular complexity index is 590. The molecule has 0 bridgehead atoms. The maximum Gasteiger partial charge on any atom is 0.0351 e. The molecule has 2 aromatic rings. The van der Waals surface area contributed by atoms with Crippen molar-refractivity contribution in [2.45, 2.75) is 12.6 Å². The van der Waals surface area contributed by atoms with Gasteiger partial charge < -0.3 is 4.90 Å². The van der Waals surface area contributed by atoms with Crippen molar-refractivity contribution in [2.24, 2.45) is 0 Å². The highest BCUT2D eigenvalue weighted by Crippen LogP contribution is 2.27. The van der Waals surface area contributed by atoms with Gasteiger partial charge in [0.1, 0.15) is 0 Å². The minimum atomic E-state index is 0.729. The zero-order valence-corrected chi connectivity index (χ0v) is 13.5. The van der Waals surface area contributed by atoms with Gasteiger partial charge in [0.25, 0.3) is 0 Å². The van der Waals surface area contributed by atoms with Crippen LogP contribution < -0.4 is 0 Å². The van der Waals surface area contributed by atoms with Crippen molar-refractivity contribution in [1.82, 2.24) is 14.7 Å². The topological polar surface area (TPSA) is 9.72 Å². The highest BCUT2D eigenvalue weighted by Gasteiger charge is 2.30. The monoisotopic (exact) mass is 301 g/mol. The van der Waals surface area contributed by atoms with Crippen LogP contribution in [-0.2, 0) is 6.54 Å². The molecule has 2 aliphatic rings. The van der Waals surface area contributed by atoms with Gasteiger partial charge >= 0.3 is 0 Å². The summed E-state index contributed by atoms with van der Waals surface area (Å²) < 4.78 is 1.42. The average Bonchev–Trinajstić information content (AvgIpc) is 2.89. The summed E-state index contributed by atoms with van der Waals surface area (Å²) in [6.07, 6.45) is 0. The minimum absolute atomic E-state index is 0.729. The molecule has 0 saturated carbocycles. The van der Waals surface area contributed by atoms with Crippen molar-refractivity contribution in [3.8, 4) is 0 Å². The molecule has 21 heavy (non-hydrogen) atoms. The Morgan fingerprint density at radius 1 is 1.10 bits per heavy atom. The van der Waals surface area contributed by atoms with Gasteiger partial charge in [0.2, 0.25) is 0 Å². The first-order valence-corrected chi connectivity index (χ1v) is 8.72. The Balaban J connectivity index is 1.45. The summed E-state index contributed by atoms with van der Waals surface area (Å²) in [6.45, 7) is 8.50. The fourth-order valence-electron chi connectivity index (χ4n) is 3.65. The number of hydrogen-bond donors (Lipinski definition) is 0. The van der Waals surface area contributed by atoms with Gasteiger partial charge in [0, 0.05) is 61.4 Å². The maximum atomic E-state index is 2.68. The number of likely N-dealkylation sites (N-methyl/N-ethyl adjacent to an activating group) is 1. The van der Waals surface area contributed by atoms with Gasteiger partial charge in [-0.15, -0.1) is 11.3 Å². The number of fused-ring (bicyclic) bond motifs is 2. The van der Waals surface area contributed by atoms with Gasteiger partial charge in [-0.05, 0) is 24.6 Å². The standard InChI is InChI=1S/C17H23N3S/c1-18-6-8-20-9-7-19(12-15(20)11-18)13-16-10-14-4-2-3-5-17(14)21-16/h2-5,10,15H,6-9,11-13H2,1H3/t15-/m1/s1. The fourth-order valence-corrected chi connectivity index (χ4v) is 4.76. The van der Waals surface area contributed by atoms with Crippen LogP contribution in [0.25, 0.3) is 10.1 Å². The van der Waals surface area contributed by atoms with Crippen LogP contribution in [0.15, 0.2) is 30.3 Å². The molecule has 1 aromatic carbocycles. The first-order valence-electron chi connectivity index (χ1n) is 7.90. The third-order valence-electron chi connectivity index (χ3n) is 4.84. The Kier molecular flexibility index (Phi) is 3.71. The lowest BCUT2D eigenvalue weighted by Crippen LogP contribution is -2.60. The summed E-state index contributed by atoms with van der Waals surface area (Å²) in [4.78, 5) is 9.31. The molecule has 4 rings (SSSR count). The van der Waals surface area contributed by atoms with Crippen LogP contribution in [0.3, 0.4) is 0 Å². The van der Waals surface area contributed by atoms with E-state index in [1.165, 1.54) is 54.2 Å². The number of hydrogen-bond acceptors (Lipinski definition) is 4. The van der Waals surface area contributed by atoms with Crippen LogP contribution in [0.5, 0.6) is 0 Å². The normalized spacial score (nSPS) is 25.3. The lowest BCUT2D eigenvalue weighted by molar-refractivity contribution is 0.0179. The largest absolute Gasteiger partial charge is 0.303 e. The molecular weight excluding hydrogens is 278 g/mol. The molecule has 112 valence electrons. The molecule has 0 spiro atoms. The second kappa shape index (κ2) is 5.69. The van der Waals surface area contributed by atoms with E-state index in [1.54, 1.807) is 0 Å². The van der Waals surface area contributed by atoms with Gasteiger partial charge in [-0.1, -0.05) is 18.2 Å². The van der Waals surface area contributed by atoms with Crippen molar-refractivity contribution < 1.29 is 0 Å². The first kappa shape index (κ1) is 13.7. The Morgan fingerprint density at radius 3 is 2.86 bits per heavy atom. The van der Waals surface area contributed by atoms with Crippen molar-refractivity contribution in [1.29, 1.82) is 0 Å². The number of nitrogens with zero attached hydrogens (tertiary/aromatic N) is 3. The van der Waals surface area contributed by atoms with E-state index in [0.717, 1.165) is 12.6 Å². The molecule has 2 fully saturated rings. The zero-order chi connectivity index (χ0) is 14.2. The Morgan fingerprint density at radius 2 is 1.95 bits per heavy atom. The van der Waals surface area contributed by atoms with Crippen molar-refractivity contribution in [2.75, 3.05) is 46.3 Å². The molecule has 0 N–H and O–H groups in total. The van der Waals surface area contributed by atoms with Crippen LogP contribution in [-0.4, -0.2) is 67.1 Å². The predicted octanol–water partition coefficient (Wildman–Crippen LogP) is 2.33. The molecule has 4 heteroatoms. The summed E-state index contributed by atoms with van der Waals surface area (Å²) in [6, 6.07) is 11.8.